The van der Waals surface area contributed by atoms with Crippen molar-refractivity contribution < 1.29 is 9.50 Å². The van der Waals surface area contributed by atoms with Crippen LogP contribution in [-0.4, -0.2) is 11.7 Å². The molecule has 0 heterocycles. The average Bonchev–Trinajstić information content (AvgIpc) is 2.37. The van der Waals surface area contributed by atoms with Crippen molar-refractivity contribution in [1.29, 1.82) is 0 Å². The maximum absolute atomic E-state index is 12.8. The molecule has 0 aromatic heterocycles. The molecule has 2 nitrogen and oxygen atoms in total. The second kappa shape index (κ2) is 5.98. The van der Waals surface area contributed by atoms with E-state index in [1.54, 1.807) is 12.1 Å². The molecule has 0 fully saturated rings. The molecule has 0 aliphatic heterocycles. The lowest BCUT2D eigenvalue weighted by Crippen LogP contribution is -2.14. The standard InChI is InChI=1S/C14H13BrFNO/c15-11-2-1-3-13(8-11)17-14(9-18)10-4-6-12(16)7-5-10/h1-8,14,17-18H,9H2. The third kappa shape index (κ3) is 3.31. The molecule has 0 radical (unpaired) electrons. The number of benzene rings is 2. The lowest BCUT2D eigenvalue weighted by atomic mass is 10.1. The Labute approximate surface area is 114 Å². The number of anilines is 1. The first kappa shape index (κ1) is 13.1. The van der Waals surface area contributed by atoms with Crippen molar-refractivity contribution in [2.45, 2.75) is 6.04 Å². The molecule has 1 atom stereocenters. The first-order valence-corrected chi connectivity index (χ1v) is 6.37. The van der Waals surface area contributed by atoms with Crippen LogP contribution in [0.1, 0.15) is 11.6 Å². The molecule has 18 heavy (non-hydrogen) atoms. The number of aliphatic hydroxyl groups is 1. The van der Waals surface area contributed by atoms with Crippen molar-refractivity contribution in [2.75, 3.05) is 11.9 Å². The van der Waals surface area contributed by atoms with Crippen molar-refractivity contribution in [3.63, 3.8) is 0 Å². The Morgan fingerprint density at radius 3 is 2.50 bits per heavy atom. The van der Waals surface area contributed by atoms with Gasteiger partial charge in [0.05, 0.1) is 12.6 Å². The summed E-state index contributed by atoms with van der Waals surface area (Å²) in [5, 5.41) is 12.6. The fraction of sp³-hybridized carbons (Fsp3) is 0.143. The highest BCUT2D eigenvalue weighted by atomic mass is 79.9. The van der Waals surface area contributed by atoms with Gasteiger partial charge in [0.2, 0.25) is 0 Å². The van der Waals surface area contributed by atoms with Gasteiger partial charge in [0, 0.05) is 10.2 Å². The summed E-state index contributed by atoms with van der Waals surface area (Å²) in [6.07, 6.45) is 0. The predicted molar refractivity (Wildman–Crippen MR) is 74.0 cm³/mol. The Balaban J connectivity index is 2.17. The summed E-state index contributed by atoms with van der Waals surface area (Å²) < 4.78 is 13.8. The van der Waals surface area contributed by atoms with Gasteiger partial charge in [0.15, 0.2) is 0 Å². The largest absolute Gasteiger partial charge is 0.394 e. The molecule has 2 aromatic rings. The van der Waals surface area contributed by atoms with E-state index in [0.717, 1.165) is 15.7 Å². The number of hydrogen-bond acceptors (Lipinski definition) is 2. The number of nitrogens with one attached hydrogen (secondary N) is 1. The van der Waals surface area contributed by atoms with Crippen molar-refractivity contribution >= 4 is 21.6 Å². The molecule has 4 heteroatoms. The molecule has 2 aromatic carbocycles. The van der Waals surface area contributed by atoms with E-state index in [1.807, 2.05) is 24.3 Å². The summed E-state index contributed by atoms with van der Waals surface area (Å²) >= 11 is 3.39. The molecule has 0 saturated carbocycles. The minimum atomic E-state index is -0.280. The Morgan fingerprint density at radius 1 is 1.17 bits per heavy atom. The van der Waals surface area contributed by atoms with Crippen LogP contribution in [0.25, 0.3) is 0 Å². The van der Waals surface area contributed by atoms with Gasteiger partial charge in [-0.15, -0.1) is 0 Å². The van der Waals surface area contributed by atoms with Crippen LogP contribution in [-0.2, 0) is 0 Å². The maximum atomic E-state index is 12.8. The molecule has 2 N–H and O–H groups in total. The van der Waals surface area contributed by atoms with Crippen LogP contribution in [0.4, 0.5) is 10.1 Å². The smallest absolute Gasteiger partial charge is 0.123 e. The Bertz CT molecular complexity index is 515. The van der Waals surface area contributed by atoms with Crippen LogP contribution in [0.5, 0.6) is 0 Å². The second-order valence-electron chi connectivity index (χ2n) is 3.94. The van der Waals surface area contributed by atoms with Crippen LogP contribution in [0.2, 0.25) is 0 Å². The first-order chi connectivity index (χ1) is 8.69. The summed E-state index contributed by atoms with van der Waals surface area (Å²) in [6, 6.07) is 13.5. The van der Waals surface area contributed by atoms with Gasteiger partial charge in [0.1, 0.15) is 5.82 Å². The van der Waals surface area contributed by atoms with Gasteiger partial charge in [-0.1, -0.05) is 34.1 Å². The van der Waals surface area contributed by atoms with E-state index >= 15 is 0 Å². The Kier molecular flexibility index (Phi) is 4.33. The Morgan fingerprint density at radius 2 is 1.89 bits per heavy atom. The molecule has 0 saturated heterocycles. The molecular weight excluding hydrogens is 297 g/mol. The van der Waals surface area contributed by atoms with Gasteiger partial charge in [0.25, 0.3) is 0 Å². The Hall–Kier alpha value is -1.39. The number of rotatable bonds is 4. The zero-order chi connectivity index (χ0) is 13.0. The third-order valence-corrected chi connectivity index (χ3v) is 3.11. The number of hydrogen-bond donors (Lipinski definition) is 2. The molecule has 1 unspecified atom stereocenters. The monoisotopic (exact) mass is 309 g/mol. The third-order valence-electron chi connectivity index (χ3n) is 2.62. The molecule has 0 bridgehead atoms. The summed E-state index contributed by atoms with van der Waals surface area (Å²) in [7, 11) is 0. The van der Waals surface area contributed by atoms with Crippen molar-refractivity contribution in [3.8, 4) is 0 Å². The van der Waals surface area contributed by atoms with Crippen LogP contribution in [0, 0.1) is 5.82 Å². The van der Waals surface area contributed by atoms with E-state index in [1.165, 1.54) is 12.1 Å². The predicted octanol–water partition coefficient (Wildman–Crippen LogP) is 3.73. The molecule has 0 amide bonds. The molecule has 2 rings (SSSR count). The van der Waals surface area contributed by atoms with E-state index < -0.39 is 0 Å². The first-order valence-electron chi connectivity index (χ1n) is 5.57. The van der Waals surface area contributed by atoms with E-state index in [-0.39, 0.29) is 18.5 Å². The van der Waals surface area contributed by atoms with Gasteiger partial charge >= 0.3 is 0 Å². The molecule has 94 valence electrons. The molecule has 0 aliphatic carbocycles. The highest BCUT2D eigenvalue weighted by Gasteiger charge is 2.10. The van der Waals surface area contributed by atoms with Gasteiger partial charge in [-0.25, -0.2) is 4.39 Å². The lowest BCUT2D eigenvalue weighted by molar-refractivity contribution is 0.276. The van der Waals surface area contributed by atoms with Crippen LogP contribution in [0.3, 0.4) is 0 Å². The zero-order valence-electron chi connectivity index (χ0n) is 9.61. The van der Waals surface area contributed by atoms with E-state index in [9.17, 15) is 9.50 Å². The summed E-state index contributed by atoms with van der Waals surface area (Å²) in [5.74, 6) is -0.280. The second-order valence-corrected chi connectivity index (χ2v) is 4.86. The van der Waals surface area contributed by atoms with Crippen molar-refractivity contribution in [1.82, 2.24) is 0 Å². The lowest BCUT2D eigenvalue weighted by Gasteiger charge is -2.18. The molecule has 0 aliphatic rings. The fourth-order valence-corrected chi connectivity index (χ4v) is 2.11. The minimum Gasteiger partial charge on any atom is -0.394 e. The molecule has 0 spiro atoms. The van der Waals surface area contributed by atoms with Crippen molar-refractivity contribution in [3.05, 3.63) is 64.4 Å². The molecular formula is C14H13BrFNO. The summed E-state index contributed by atoms with van der Waals surface area (Å²) in [5.41, 5.74) is 1.74. The van der Waals surface area contributed by atoms with Crippen LogP contribution in [0.15, 0.2) is 53.0 Å². The van der Waals surface area contributed by atoms with Crippen LogP contribution >= 0.6 is 15.9 Å². The van der Waals surface area contributed by atoms with Gasteiger partial charge in [-0.3, -0.25) is 0 Å². The number of halogens is 2. The maximum Gasteiger partial charge on any atom is 0.123 e. The average molecular weight is 310 g/mol. The minimum absolute atomic E-state index is 0.0574. The van der Waals surface area contributed by atoms with Crippen LogP contribution < -0.4 is 5.32 Å². The van der Waals surface area contributed by atoms with E-state index in [4.69, 9.17) is 0 Å². The zero-order valence-corrected chi connectivity index (χ0v) is 11.2. The topological polar surface area (TPSA) is 32.3 Å². The van der Waals surface area contributed by atoms with E-state index in [2.05, 4.69) is 21.2 Å². The quantitative estimate of drug-likeness (QED) is 0.902. The van der Waals surface area contributed by atoms with Gasteiger partial charge in [-0.05, 0) is 35.9 Å². The summed E-state index contributed by atoms with van der Waals surface area (Å²) in [6.45, 7) is -0.0574. The fourth-order valence-electron chi connectivity index (χ4n) is 1.71. The van der Waals surface area contributed by atoms with Gasteiger partial charge < -0.3 is 10.4 Å². The highest BCUT2D eigenvalue weighted by molar-refractivity contribution is 9.10. The SMILES string of the molecule is OCC(Nc1cccc(Br)c1)c1ccc(F)cc1. The normalized spacial score (nSPS) is 12.2. The van der Waals surface area contributed by atoms with Crippen molar-refractivity contribution in [2.24, 2.45) is 0 Å². The summed E-state index contributed by atoms with van der Waals surface area (Å²) in [4.78, 5) is 0. The highest BCUT2D eigenvalue weighted by Crippen LogP contribution is 2.22. The number of aliphatic hydroxyl groups excluding tert-OH is 1. The van der Waals surface area contributed by atoms with E-state index in [0.29, 0.717) is 0 Å². The van der Waals surface area contributed by atoms with Gasteiger partial charge in [-0.2, -0.15) is 0 Å².